The van der Waals surface area contributed by atoms with Crippen molar-refractivity contribution in [3.8, 4) is 0 Å². The molecule has 0 amide bonds. The van der Waals surface area contributed by atoms with Crippen molar-refractivity contribution in [2.45, 2.75) is 24.4 Å². The third-order valence-electron chi connectivity index (χ3n) is 2.62. The summed E-state index contributed by atoms with van der Waals surface area (Å²) in [6.07, 6.45) is 1.04. The van der Waals surface area contributed by atoms with Gasteiger partial charge in [0.1, 0.15) is 44.8 Å². The third-order valence-corrected chi connectivity index (χ3v) is 2.62. The summed E-state index contributed by atoms with van der Waals surface area (Å²) in [5, 5.41) is 9.93. The highest BCUT2D eigenvalue weighted by molar-refractivity contribution is 5.09. The average Bonchev–Trinajstić information content (AvgIpc) is 2.42. The van der Waals surface area contributed by atoms with Crippen molar-refractivity contribution in [3.05, 3.63) is 12.2 Å². The maximum Gasteiger partial charge on any atom is 0.147 e. The summed E-state index contributed by atoms with van der Waals surface area (Å²) in [5.41, 5.74) is 0. The predicted molar refractivity (Wildman–Crippen MR) is 65.4 cm³/mol. The Bertz CT molecular complexity index is 258. The van der Waals surface area contributed by atoms with E-state index in [-0.39, 0.29) is 26.5 Å². The van der Waals surface area contributed by atoms with Crippen molar-refractivity contribution in [3.63, 3.8) is 0 Å². The Morgan fingerprint density at radius 1 is 0.789 bits per heavy atom. The molecule has 1 aliphatic rings. The molecule has 0 unspecified atom stereocenters. The van der Waals surface area contributed by atoms with Crippen LogP contribution in [-0.4, -0.2) is 71.2 Å². The van der Waals surface area contributed by atoms with Crippen LogP contribution >= 0.6 is 0 Å². The van der Waals surface area contributed by atoms with E-state index < -0.39 is 18.3 Å². The Morgan fingerprint density at radius 3 is 1.89 bits per heavy atom. The van der Waals surface area contributed by atoms with Gasteiger partial charge < -0.3 is 33.5 Å². The van der Waals surface area contributed by atoms with Crippen LogP contribution in [0.2, 0.25) is 0 Å². The minimum absolute atomic E-state index is 0.0550. The molecule has 7 heteroatoms. The molecule has 7 nitrogen and oxygen atoms in total. The van der Waals surface area contributed by atoms with E-state index in [0.29, 0.717) is 0 Å². The Hall–Kier alpha value is -0.540. The second-order valence-corrected chi connectivity index (χ2v) is 3.99. The van der Waals surface area contributed by atoms with E-state index in [1.54, 1.807) is 12.2 Å². The van der Waals surface area contributed by atoms with Gasteiger partial charge in [-0.15, -0.1) is 0 Å². The monoisotopic (exact) mass is 278 g/mol. The lowest BCUT2D eigenvalue weighted by Crippen LogP contribution is -2.51. The topological polar surface area (TPSA) is 75.6 Å². The van der Waals surface area contributed by atoms with Crippen LogP contribution in [0.1, 0.15) is 0 Å². The van der Waals surface area contributed by atoms with Gasteiger partial charge in [0.25, 0.3) is 0 Å². The molecule has 112 valence electrons. The first kappa shape index (κ1) is 16.5. The van der Waals surface area contributed by atoms with Crippen molar-refractivity contribution in [2.24, 2.45) is 0 Å². The lowest BCUT2D eigenvalue weighted by Gasteiger charge is -2.36. The quantitative estimate of drug-likeness (QED) is 0.465. The number of aliphatic hydroxyl groups is 1. The smallest absolute Gasteiger partial charge is 0.147 e. The van der Waals surface area contributed by atoms with Crippen molar-refractivity contribution >= 4 is 0 Å². The normalized spacial score (nSPS) is 30.7. The third kappa shape index (κ3) is 5.15. The van der Waals surface area contributed by atoms with E-state index in [1.807, 2.05) is 0 Å². The Balaban J connectivity index is 2.69. The highest BCUT2D eigenvalue weighted by atomic mass is 16.7. The molecule has 0 fully saturated rings. The fourth-order valence-corrected chi connectivity index (χ4v) is 1.80. The minimum Gasteiger partial charge on any atom is -0.386 e. The Labute approximate surface area is 113 Å². The second kappa shape index (κ2) is 9.38. The number of aliphatic hydroxyl groups excluding tert-OH is 1. The number of ether oxygens (including phenoxy) is 6. The van der Waals surface area contributed by atoms with E-state index >= 15 is 0 Å². The minimum atomic E-state index is -0.792. The molecule has 0 aromatic carbocycles. The van der Waals surface area contributed by atoms with E-state index in [1.165, 1.54) is 21.3 Å². The fraction of sp³-hybridized carbons (Fsp3) is 0.833. The summed E-state index contributed by atoms with van der Waals surface area (Å²) < 4.78 is 31.1. The number of hydrogen-bond acceptors (Lipinski definition) is 7. The second-order valence-electron chi connectivity index (χ2n) is 3.99. The van der Waals surface area contributed by atoms with Crippen LogP contribution in [0, 0.1) is 0 Å². The molecule has 0 saturated heterocycles. The summed E-state index contributed by atoms with van der Waals surface area (Å²) in [5.74, 6) is 0. The van der Waals surface area contributed by atoms with Crippen molar-refractivity contribution < 1.29 is 33.5 Å². The largest absolute Gasteiger partial charge is 0.386 e. The lowest BCUT2D eigenvalue weighted by atomic mass is 9.96. The highest BCUT2D eigenvalue weighted by Crippen LogP contribution is 2.22. The van der Waals surface area contributed by atoms with Gasteiger partial charge in [0.2, 0.25) is 0 Å². The Morgan fingerprint density at radius 2 is 1.32 bits per heavy atom. The van der Waals surface area contributed by atoms with Crippen molar-refractivity contribution in [2.75, 3.05) is 41.7 Å². The van der Waals surface area contributed by atoms with Gasteiger partial charge in [-0.3, -0.25) is 0 Å². The molecular formula is C12H22O7. The van der Waals surface area contributed by atoms with Gasteiger partial charge in [0, 0.05) is 21.3 Å². The molecule has 19 heavy (non-hydrogen) atoms. The van der Waals surface area contributed by atoms with E-state index in [0.717, 1.165) is 0 Å². The molecule has 0 aliphatic heterocycles. The average molecular weight is 278 g/mol. The predicted octanol–water partition coefficient (Wildman–Crippen LogP) is -0.116. The number of rotatable bonds is 9. The molecule has 0 bridgehead atoms. The molecule has 0 heterocycles. The summed E-state index contributed by atoms with van der Waals surface area (Å²) in [6.45, 7) is 0.249. The molecule has 1 rings (SSSR count). The summed E-state index contributed by atoms with van der Waals surface area (Å²) in [6, 6.07) is 0. The highest BCUT2D eigenvalue weighted by Gasteiger charge is 2.38. The maximum atomic E-state index is 9.93. The standard InChI is InChI=1S/C12H22O7/c1-14-6-17-10-5-4-9(13)11(18-7-15-2)12(10)19-8-16-3/h4-5,9-13H,6-8H2,1-3H3/t9-,10-,11+,12+/m0/s1. The lowest BCUT2D eigenvalue weighted by molar-refractivity contribution is -0.216. The van der Waals surface area contributed by atoms with Gasteiger partial charge in [0.15, 0.2) is 0 Å². The molecular weight excluding hydrogens is 256 g/mol. The van der Waals surface area contributed by atoms with Crippen molar-refractivity contribution in [1.29, 1.82) is 0 Å². The first-order valence-corrected chi connectivity index (χ1v) is 5.92. The Kier molecular flexibility index (Phi) is 8.15. The number of methoxy groups -OCH3 is 3. The maximum absolute atomic E-state index is 9.93. The van der Waals surface area contributed by atoms with E-state index in [9.17, 15) is 5.11 Å². The van der Waals surface area contributed by atoms with Crippen LogP contribution in [-0.2, 0) is 28.4 Å². The molecule has 0 aromatic heterocycles. The van der Waals surface area contributed by atoms with Crippen molar-refractivity contribution in [1.82, 2.24) is 0 Å². The summed E-state index contributed by atoms with van der Waals surface area (Å²) in [7, 11) is 4.56. The molecule has 0 spiro atoms. The van der Waals surface area contributed by atoms with Gasteiger partial charge in [-0.2, -0.15) is 0 Å². The van der Waals surface area contributed by atoms with E-state index in [2.05, 4.69) is 0 Å². The zero-order chi connectivity index (χ0) is 14.1. The summed E-state index contributed by atoms with van der Waals surface area (Å²) >= 11 is 0. The summed E-state index contributed by atoms with van der Waals surface area (Å²) in [4.78, 5) is 0. The van der Waals surface area contributed by atoms with Gasteiger partial charge in [0.05, 0.1) is 0 Å². The van der Waals surface area contributed by atoms with Crippen LogP contribution in [0.3, 0.4) is 0 Å². The molecule has 4 atom stereocenters. The molecule has 0 saturated carbocycles. The van der Waals surface area contributed by atoms with E-state index in [4.69, 9.17) is 28.4 Å². The SMILES string of the molecule is COCO[C@H]1[C@H](OCOC)[C@@H](O)C=C[C@@H]1OCOC. The van der Waals surface area contributed by atoms with Gasteiger partial charge >= 0.3 is 0 Å². The zero-order valence-electron chi connectivity index (χ0n) is 11.5. The van der Waals surface area contributed by atoms with Gasteiger partial charge in [-0.05, 0) is 0 Å². The fourth-order valence-electron chi connectivity index (χ4n) is 1.80. The zero-order valence-corrected chi connectivity index (χ0v) is 11.5. The molecule has 0 radical (unpaired) electrons. The van der Waals surface area contributed by atoms with Crippen LogP contribution in [0.25, 0.3) is 0 Å². The molecule has 1 N–H and O–H groups in total. The van der Waals surface area contributed by atoms with Crippen LogP contribution in [0.5, 0.6) is 0 Å². The molecule has 0 aromatic rings. The van der Waals surface area contributed by atoms with Crippen LogP contribution < -0.4 is 0 Å². The first-order valence-electron chi connectivity index (χ1n) is 5.92. The van der Waals surface area contributed by atoms with Crippen LogP contribution in [0.15, 0.2) is 12.2 Å². The van der Waals surface area contributed by atoms with Crippen LogP contribution in [0.4, 0.5) is 0 Å². The van der Waals surface area contributed by atoms with Gasteiger partial charge in [-0.1, -0.05) is 12.2 Å². The first-order chi connectivity index (χ1) is 9.24. The molecule has 1 aliphatic carbocycles. The van der Waals surface area contributed by atoms with Gasteiger partial charge in [-0.25, -0.2) is 0 Å². The number of hydrogen-bond donors (Lipinski definition) is 1.